The number of ether oxygens (including phenoxy) is 1. The van der Waals surface area contributed by atoms with E-state index < -0.39 is 0 Å². The van der Waals surface area contributed by atoms with E-state index in [4.69, 9.17) is 14.4 Å². The fraction of sp³-hybridized carbons (Fsp3) is 0.278. The van der Waals surface area contributed by atoms with Crippen molar-refractivity contribution in [2.75, 3.05) is 6.61 Å². The number of benzene rings is 1. The molecule has 0 aliphatic carbocycles. The molecule has 126 valence electrons. The van der Waals surface area contributed by atoms with Crippen LogP contribution in [-0.4, -0.2) is 21.2 Å². The van der Waals surface area contributed by atoms with Crippen LogP contribution in [0.15, 0.2) is 34.9 Å². The Morgan fingerprint density at radius 1 is 1.40 bits per heavy atom. The van der Waals surface area contributed by atoms with Crippen molar-refractivity contribution < 1.29 is 9.15 Å². The molecule has 0 amide bonds. The first kappa shape index (κ1) is 15.7. The van der Waals surface area contributed by atoms with Gasteiger partial charge in [0.25, 0.3) is 0 Å². The lowest BCUT2D eigenvalue weighted by Gasteiger charge is -2.04. The fourth-order valence-electron chi connectivity index (χ4n) is 2.61. The lowest BCUT2D eigenvalue weighted by Crippen LogP contribution is -1.96. The van der Waals surface area contributed by atoms with E-state index in [-0.39, 0.29) is 0 Å². The first-order valence-electron chi connectivity index (χ1n) is 8.16. The molecule has 0 saturated carbocycles. The van der Waals surface area contributed by atoms with Crippen molar-refractivity contribution in [1.29, 1.82) is 5.26 Å². The summed E-state index contributed by atoms with van der Waals surface area (Å²) in [6, 6.07) is 9.87. The standard InChI is InChI=1S/C18H16N4O2S/c1-2-16-21-22-11-13(20-18(22)25-16)15-10-12-6-5-7-14(17(12)24-15)23-9-4-3-8-19/h5-7,10-11H,2-4,9H2,1H3. The highest BCUT2D eigenvalue weighted by atomic mass is 32.1. The lowest BCUT2D eigenvalue weighted by atomic mass is 10.2. The van der Waals surface area contributed by atoms with Crippen LogP contribution >= 0.6 is 11.3 Å². The summed E-state index contributed by atoms with van der Waals surface area (Å²) < 4.78 is 13.6. The molecule has 0 N–H and O–H groups in total. The zero-order valence-corrected chi connectivity index (χ0v) is 14.5. The second kappa shape index (κ2) is 6.57. The van der Waals surface area contributed by atoms with Crippen molar-refractivity contribution in [3.05, 3.63) is 35.5 Å². The molecule has 0 unspecified atom stereocenters. The van der Waals surface area contributed by atoms with Crippen molar-refractivity contribution >= 4 is 27.3 Å². The van der Waals surface area contributed by atoms with E-state index in [1.165, 1.54) is 0 Å². The van der Waals surface area contributed by atoms with Gasteiger partial charge < -0.3 is 9.15 Å². The minimum absolute atomic E-state index is 0.484. The summed E-state index contributed by atoms with van der Waals surface area (Å²) in [5.74, 6) is 1.38. The number of aryl methyl sites for hydroxylation is 1. The lowest BCUT2D eigenvalue weighted by molar-refractivity contribution is 0.312. The molecule has 0 bridgehead atoms. The van der Waals surface area contributed by atoms with Gasteiger partial charge in [0.2, 0.25) is 4.96 Å². The number of hydrogen-bond donors (Lipinski definition) is 0. The predicted molar refractivity (Wildman–Crippen MR) is 95.8 cm³/mol. The summed E-state index contributed by atoms with van der Waals surface area (Å²) in [4.78, 5) is 5.47. The van der Waals surface area contributed by atoms with Crippen molar-refractivity contribution in [2.45, 2.75) is 26.2 Å². The molecule has 0 aliphatic heterocycles. The van der Waals surface area contributed by atoms with Gasteiger partial charge in [-0.05, 0) is 25.0 Å². The summed E-state index contributed by atoms with van der Waals surface area (Å²) in [6.45, 7) is 2.57. The Kier molecular flexibility index (Phi) is 4.12. The molecule has 1 aromatic carbocycles. The van der Waals surface area contributed by atoms with E-state index in [0.717, 1.165) is 27.5 Å². The maximum atomic E-state index is 8.60. The van der Waals surface area contributed by atoms with Crippen molar-refractivity contribution in [1.82, 2.24) is 14.6 Å². The number of imidazole rings is 1. The number of para-hydroxylation sites is 1. The smallest absolute Gasteiger partial charge is 0.212 e. The van der Waals surface area contributed by atoms with Gasteiger partial charge >= 0.3 is 0 Å². The van der Waals surface area contributed by atoms with E-state index in [2.05, 4.69) is 23.1 Å². The second-order valence-electron chi connectivity index (χ2n) is 5.60. The van der Waals surface area contributed by atoms with E-state index in [1.54, 1.807) is 15.9 Å². The Hall–Kier alpha value is -2.85. The predicted octanol–water partition coefficient (Wildman–Crippen LogP) is 4.45. The zero-order chi connectivity index (χ0) is 17.2. The molecule has 0 saturated heterocycles. The van der Waals surface area contributed by atoms with Crippen molar-refractivity contribution in [3.63, 3.8) is 0 Å². The third-order valence-corrected chi connectivity index (χ3v) is 4.91. The summed E-state index contributed by atoms with van der Waals surface area (Å²) in [6.07, 6.45) is 3.97. The van der Waals surface area contributed by atoms with Crippen LogP contribution in [0.4, 0.5) is 0 Å². The third kappa shape index (κ3) is 2.96. The molecule has 0 fully saturated rings. The molecule has 6 nitrogen and oxygen atoms in total. The van der Waals surface area contributed by atoms with Gasteiger partial charge in [-0.2, -0.15) is 10.4 Å². The van der Waals surface area contributed by atoms with Crippen LogP contribution in [0.3, 0.4) is 0 Å². The second-order valence-corrected chi connectivity index (χ2v) is 6.64. The number of rotatable bonds is 6. The van der Waals surface area contributed by atoms with Gasteiger partial charge in [0.05, 0.1) is 18.9 Å². The summed E-state index contributed by atoms with van der Waals surface area (Å²) in [5.41, 5.74) is 1.46. The average Bonchev–Trinajstić information content (AvgIpc) is 3.30. The van der Waals surface area contributed by atoms with E-state index in [0.29, 0.717) is 36.5 Å². The highest BCUT2D eigenvalue weighted by Crippen LogP contribution is 2.33. The largest absolute Gasteiger partial charge is 0.490 e. The van der Waals surface area contributed by atoms with Gasteiger partial charge in [0, 0.05) is 11.8 Å². The molecule has 4 aromatic rings. The van der Waals surface area contributed by atoms with Gasteiger partial charge in [0.15, 0.2) is 17.1 Å². The van der Waals surface area contributed by atoms with Crippen LogP contribution < -0.4 is 4.74 Å². The third-order valence-electron chi connectivity index (χ3n) is 3.84. The summed E-state index contributed by atoms with van der Waals surface area (Å²) in [7, 11) is 0. The minimum Gasteiger partial charge on any atom is -0.490 e. The van der Waals surface area contributed by atoms with Gasteiger partial charge in [-0.1, -0.05) is 30.4 Å². The highest BCUT2D eigenvalue weighted by molar-refractivity contribution is 7.16. The fourth-order valence-corrected chi connectivity index (χ4v) is 3.43. The molecule has 4 rings (SSSR count). The minimum atomic E-state index is 0.484. The van der Waals surface area contributed by atoms with Crippen LogP contribution in [0.5, 0.6) is 5.75 Å². The molecular formula is C18H16N4O2S. The van der Waals surface area contributed by atoms with Crippen LogP contribution in [0.1, 0.15) is 24.8 Å². The molecule has 0 radical (unpaired) electrons. The summed E-state index contributed by atoms with van der Waals surface area (Å²) in [5, 5.41) is 15.1. The normalized spacial score (nSPS) is 11.2. The van der Waals surface area contributed by atoms with Crippen LogP contribution in [0.25, 0.3) is 27.4 Å². The van der Waals surface area contributed by atoms with E-state index >= 15 is 0 Å². The Morgan fingerprint density at radius 2 is 2.32 bits per heavy atom. The number of unbranched alkanes of at least 4 members (excludes halogenated alkanes) is 1. The monoisotopic (exact) mass is 352 g/mol. The number of nitrogens with zero attached hydrogens (tertiary/aromatic N) is 4. The first-order valence-corrected chi connectivity index (χ1v) is 8.98. The maximum absolute atomic E-state index is 8.60. The van der Waals surface area contributed by atoms with Gasteiger partial charge in [0.1, 0.15) is 10.7 Å². The first-order chi connectivity index (χ1) is 12.3. The zero-order valence-electron chi connectivity index (χ0n) is 13.7. The molecule has 0 atom stereocenters. The Balaban J connectivity index is 1.65. The molecular weight excluding hydrogens is 336 g/mol. The highest BCUT2D eigenvalue weighted by Gasteiger charge is 2.15. The maximum Gasteiger partial charge on any atom is 0.212 e. The number of hydrogen-bond acceptors (Lipinski definition) is 6. The average molecular weight is 352 g/mol. The van der Waals surface area contributed by atoms with E-state index in [1.807, 2.05) is 30.5 Å². The topological polar surface area (TPSA) is 76.3 Å². The number of nitriles is 1. The Bertz CT molecular complexity index is 1040. The van der Waals surface area contributed by atoms with Crippen molar-refractivity contribution in [2.24, 2.45) is 0 Å². The van der Waals surface area contributed by atoms with Gasteiger partial charge in [-0.25, -0.2) is 9.50 Å². The quantitative estimate of drug-likeness (QED) is 0.479. The van der Waals surface area contributed by atoms with Crippen LogP contribution in [0, 0.1) is 11.3 Å². The molecule has 25 heavy (non-hydrogen) atoms. The Labute approximate surface area is 148 Å². The number of furan rings is 1. The molecule has 3 aromatic heterocycles. The number of aromatic nitrogens is 3. The SMILES string of the molecule is CCc1nn2cc(-c3cc4cccc(OCCCC#N)c4o3)nc2s1. The molecule has 7 heteroatoms. The van der Waals surface area contributed by atoms with Crippen LogP contribution in [0.2, 0.25) is 0 Å². The molecule has 0 spiro atoms. The van der Waals surface area contributed by atoms with E-state index in [9.17, 15) is 0 Å². The molecule has 0 aliphatic rings. The Morgan fingerprint density at radius 3 is 3.12 bits per heavy atom. The van der Waals surface area contributed by atoms with Crippen LogP contribution in [-0.2, 0) is 6.42 Å². The summed E-state index contributed by atoms with van der Waals surface area (Å²) >= 11 is 1.59. The number of fused-ring (bicyclic) bond motifs is 2. The molecule has 3 heterocycles. The van der Waals surface area contributed by atoms with Crippen molar-refractivity contribution in [3.8, 4) is 23.3 Å². The van der Waals surface area contributed by atoms with Gasteiger partial charge in [-0.15, -0.1) is 0 Å². The van der Waals surface area contributed by atoms with Gasteiger partial charge in [-0.3, -0.25) is 0 Å².